The van der Waals surface area contributed by atoms with Crippen LogP contribution in [-0.4, -0.2) is 51.3 Å². The summed E-state index contributed by atoms with van der Waals surface area (Å²) in [5.41, 5.74) is 0. The van der Waals surface area contributed by atoms with E-state index in [1.54, 1.807) is 7.11 Å². The van der Waals surface area contributed by atoms with Crippen molar-refractivity contribution in [2.75, 3.05) is 34.4 Å². The van der Waals surface area contributed by atoms with Gasteiger partial charge in [-0.2, -0.15) is 0 Å². The van der Waals surface area contributed by atoms with Gasteiger partial charge in [0, 0.05) is 20.3 Å². The van der Waals surface area contributed by atoms with Gasteiger partial charge in [-0.1, -0.05) is 19.8 Å². The number of esters is 1. The van der Waals surface area contributed by atoms with Crippen molar-refractivity contribution < 1.29 is 14.3 Å². The zero-order valence-corrected chi connectivity index (χ0v) is 11.0. The van der Waals surface area contributed by atoms with Gasteiger partial charge in [0.25, 0.3) is 0 Å². The fourth-order valence-electron chi connectivity index (χ4n) is 1.67. The number of hydrogen-bond donors (Lipinski definition) is 0. The molecule has 0 aromatic carbocycles. The van der Waals surface area contributed by atoms with E-state index < -0.39 is 0 Å². The monoisotopic (exact) mass is 231 g/mol. The molecule has 0 spiro atoms. The molecule has 0 saturated heterocycles. The standard InChI is InChI=1S/C12H25NO3/c1-5-6-8-11(12(14)16-4)13(2)9-7-10-15-3/h11H,5-10H2,1-4H3. The number of carbonyl (C=O) groups excluding carboxylic acids is 1. The number of likely N-dealkylation sites (N-methyl/N-ethyl adjacent to an activating group) is 1. The molecular formula is C12H25NO3. The van der Waals surface area contributed by atoms with E-state index in [0.717, 1.165) is 38.8 Å². The molecule has 4 nitrogen and oxygen atoms in total. The average Bonchev–Trinajstić information content (AvgIpc) is 2.29. The van der Waals surface area contributed by atoms with Crippen molar-refractivity contribution in [2.24, 2.45) is 0 Å². The molecule has 0 saturated carbocycles. The Morgan fingerprint density at radius 2 is 2.00 bits per heavy atom. The maximum atomic E-state index is 11.6. The van der Waals surface area contributed by atoms with Crippen LogP contribution in [0.3, 0.4) is 0 Å². The first-order valence-corrected chi connectivity index (χ1v) is 5.94. The second kappa shape index (κ2) is 9.60. The molecule has 0 radical (unpaired) electrons. The summed E-state index contributed by atoms with van der Waals surface area (Å²) in [6.07, 6.45) is 3.95. The number of methoxy groups -OCH3 is 2. The van der Waals surface area contributed by atoms with Crippen molar-refractivity contribution in [2.45, 2.75) is 38.6 Å². The van der Waals surface area contributed by atoms with Crippen LogP contribution in [0, 0.1) is 0 Å². The Balaban J connectivity index is 4.09. The fourth-order valence-corrected chi connectivity index (χ4v) is 1.67. The Kier molecular flexibility index (Phi) is 9.24. The molecule has 0 amide bonds. The molecule has 0 rings (SSSR count). The third-order valence-corrected chi connectivity index (χ3v) is 2.70. The highest BCUT2D eigenvalue weighted by Crippen LogP contribution is 2.09. The normalized spacial score (nSPS) is 12.8. The molecule has 0 heterocycles. The van der Waals surface area contributed by atoms with E-state index in [9.17, 15) is 4.79 Å². The molecule has 1 atom stereocenters. The fraction of sp³-hybridized carbons (Fsp3) is 0.917. The summed E-state index contributed by atoms with van der Waals surface area (Å²) >= 11 is 0. The summed E-state index contributed by atoms with van der Waals surface area (Å²) in [7, 11) is 5.10. The van der Waals surface area contributed by atoms with Crippen molar-refractivity contribution in [3.05, 3.63) is 0 Å². The number of carbonyl (C=O) groups is 1. The molecule has 16 heavy (non-hydrogen) atoms. The van der Waals surface area contributed by atoms with Crippen LogP contribution in [0.5, 0.6) is 0 Å². The van der Waals surface area contributed by atoms with Crippen LogP contribution in [0.4, 0.5) is 0 Å². The number of rotatable bonds is 9. The van der Waals surface area contributed by atoms with Crippen LogP contribution in [0.25, 0.3) is 0 Å². The molecule has 0 fully saturated rings. The largest absolute Gasteiger partial charge is 0.468 e. The second-order valence-corrected chi connectivity index (χ2v) is 4.01. The first-order valence-electron chi connectivity index (χ1n) is 5.94. The number of hydrogen-bond acceptors (Lipinski definition) is 4. The lowest BCUT2D eigenvalue weighted by atomic mass is 10.1. The van der Waals surface area contributed by atoms with Crippen LogP contribution in [0.1, 0.15) is 32.6 Å². The predicted octanol–water partition coefficient (Wildman–Crippen LogP) is 1.69. The Hall–Kier alpha value is -0.610. The van der Waals surface area contributed by atoms with Gasteiger partial charge in [-0.25, -0.2) is 0 Å². The molecule has 96 valence electrons. The first-order chi connectivity index (χ1) is 7.67. The molecule has 0 aromatic heterocycles. The molecule has 0 bridgehead atoms. The van der Waals surface area contributed by atoms with Gasteiger partial charge in [0.2, 0.25) is 0 Å². The van der Waals surface area contributed by atoms with Gasteiger partial charge < -0.3 is 9.47 Å². The molecule has 0 aliphatic carbocycles. The predicted molar refractivity (Wildman–Crippen MR) is 64.5 cm³/mol. The van der Waals surface area contributed by atoms with Crippen LogP contribution in [0.15, 0.2) is 0 Å². The van der Waals surface area contributed by atoms with Gasteiger partial charge >= 0.3 is 5.97 Å². The van der Waals surface area contributed by atoms with Gasteiger partial charge in [0.1, 0.15) is 6.04 Å². The van der Waals surface area contributed by atoms with Gasteiger partial charge in [0.15, 0.2) is 0 Å². The van der Waals surface area contributed by atoms with E-state index in [0.29, 0.717) is 0 Å². The molecule has 0 aliphatic heterocycles. The molecule has 0 aliphatic rings. The lowest BCUT2D eigenvalue weighted by Crippen LogP contribution is -2.40. The number of ether oxygens (including phenoxy) is 2. The third-order valence-electron chi connectivity index (χ3n) is 2.70. The zero-order chi connectivity index (χ0) is 12.4. The van der Waals surface area contributed by atoms with E-state index in [1.807, 2.05) is 7.05 Å². The van der Waals surface area contributed by atoms with E-state index in [1.165, 1.54) is 7.11 Å². The van der Waals surface area contributed by atoms with Crippen LogP contribution < -0.4 is 0 Å². The van der Waals surface area contributed by atoms with Gasteiger partial charge in [-0.05, 0) is 19.9 Å². The van der Waals surface area contributed by atoms with Crippen molar-refractivity contribution in [1.82, 2.24) is 4.90 Å². The smallest absolute Gasteiger partial charge is 0.323 e. The van der Waals surface area contributed by atoms with Crippen LogP contribution in [0.2, 0.25) is 0 Å². The molecule has 4 heteroatoms. The highest BCUT2D eigenvalue weighted by atomic mass is 16.5. The molecular weight excluding hydrogens is 206 g/mol. The van der Waals surface area contributed by atoms with Gasteiger partial charge in [-0.3, -0.25) is 9.69 Å². The topological polar surface area (TPSA) is 38.8 Å². The highest BCUT2D eigenvalue weighted by Gasteiger charge is 2.22. The Morgan fingerprint density at radius 3 is 2.50 bits per heavy atom. The quantitative estimate of drug-likeness (QED) is 0.447. The molecule has 0 aromatic rings. The molecule has 0 N–H and O–H groups in total. The number of nitrogens with zero attached hydrogens (tertiary/aromatic N) is 1. The highest BCUT2D eigenvalue weighted by molar-refractivity contribution is 5.75. The lowest BCUT2D eigenvalue weighted by Gasteiger charge is -2.25. The van der Waals surface area contributed by atoms with E-state index in [2.05, 4.69) is 11.8 Å². The van der Waals surface area contributed by atoms with Crippen LogP contribution in [-0.2, 0) is 14.3 Å². The Bertz CT molecular complexity index is 185. The van der Waals surface area contributed by atoms with E-state index in [4.69, 9.17) is 9.47 Å². The Labute approximate surface area is 98.9 Å². The van der Waals surface area contributed by atoms with Crippen LogP contribution >= 0.6 is 0 Å². The summed E-state index contributed by atoms with van der Waals surface area (Å²) in [5.74, 6) is -0.131. The summed E-state index contributed by atoms with van der Waals surface area (Å²) < 4.78 is 9.82. The van der Waals surface area contributed by atoms with Gasteiger partial charge in [0.05, 0.1) is 7.11 Å². The van der Waals surface area contributed by atoms with Crippen molar-refractivity contribution >= 4 is 5.97 Å². The summed E-state index contributed by atoms with van der Waals surface area (Å²) in [5, 5.41) is 0. The number of unbranched alkanes of at least 4 members (excludes halogenated alkanes) is 1. The first kappa shape index (κ1) is 15.4. The minimum atomic E-state index is -0.131. The second-order valence-electron chi connectivity index (χ2n) is 4.01. The Morgan fingerprint density at radius 1 is 1.31 bits per heavy atom. The summed E-state index contributed by atoms with van der Waals surface area (Å²) in [6.45, 7) is 3.71. The van der Waals surface area contributed by atoms with Crippen molar-refractivity contribution in [3.8, 4) is 0 Å². The summed E-state index contributed by atoms with van der Waals surface area (Å²) in [4.78, 5) is 13.7. The van der Waals surface area contributed by atoms with E-state index in [-0.39, 0.29) is 12.0 Å². The van der Waals surface area contributed by atoms with Crippen molar-refractivity contribution in [1.29, 1.82) is 0 Å². The maximum Gasteiger partial charge on any atom is 0.323 e. The van der Waals surface area contributed by atoms with Crippen molar-refractivity contribution in [3.63, 3.8) is 0 Å². The molecule has 1 unspecified atom stereocenters. The van der Waals surface area contributed by atoms with E-state index >= 15 is 0 Å². The average molecular weight is 231 g/mol. The lowest BCUT2D eigenvalue weighted by molar-refractivity contribution is -0.146. The van der Waals surface area contributed by atoms with Gasteiger partial charge in [-0.15, -0.1) is 0 Å². The third kappa shape index (κ3) is 6.08. The zero-order valence-electron chi connectivity index (χ0n) is 11.0. The maximum absolute atomic E-state index is 11.6. The minimum absolute atomic E-state index is 0.109. The SMILES string of the molecule is CCCCC(C(=O)OC)N(C)CCCOC. The minimum Gasteiger partial charge on any atom is -0.468 e. The summed E-state index contributed by atoms with van der Waals surface area (Å²) in [6, 6.07) is -0.109.